The van der Waals surface area contributed by atoms with E-state index in [0.29, 0.717) is 0 Å². The van der Waals surface area contributed by atoms with Crippen molar-refractivity contribution in [2.24, 2.45) is 0 Å². The number of fused-ring (bicyclic) bond motifs is 1. The van der Waals surface area contributed by atoms with Crippen LogP contribution in [0.25, 0.3) is 10.9 Å². The summed E-state index contributed by atoms with van der Waals surface area (Å²) in [6.45, 7) is 2.05. The van der Waals surface area contributed by atoms with Crippen molar-refractivity contribution in [1.82, 2.24) is 10.3 Å². The molecule has 4 heteroatoms. The second-order valence-electron chi connectivity index (χ2n) is 7.47. The minimum atomic E-state index is -0.549. The van der Waals surface area contributed by atoms with Crippen LogP contribution in [0.5, 0.6) is 0 Å². The predicted molar refractivity (Wildman–Crippen MR) is 113 cm³/mol. The van der Waals surface area contributed by atoms with Gasteiger partial charge in [0.2, 0.25) is 0 Å². The van der Waals surface area contributed by atoms with Gasteiger partial charge < -0.3 is 9.72 Å². The molecule has 4 aromatic rings. The van der Waals surface area contributed by atoms with E-state index in [4.69, 9.17) is 4.74 Å². The summed E-state index contributed by atoms with van der Waals surface area (Å²) in [6.07, 6.45) is -0.382. The number of morpholine rings is 1. The normalized spacial score (nSPS) is 21.8. The van der Waals surface area contributed by atoms with Gasteiger partial charge in [-0.2, -0.15) is 0 Å². The SMILES string of the molecule is Cc1c([C@@H]2N[C@@H](c3ccccc3)[C@@H](c3ccccc3)OC2=O)[nH]c2ccccc12. The van der Waals surface area contributed by atoms with Gasteiger partial charge in [0.25, 0.3) is 0 Å². The minimum absolute atomic E-state index is 0.146. The van der Waals surface area contributed by atoms with Gasteiger partial charge in [-0.1, -0.05) is 78.9 Å². The van der Waals surface area contributed by atoms with Gasteiger partial charge in [0, 0.05) is 16.6 Å². The number of para-hydroxylation sites is 1. The molecule has 1 aliphatic heterocycles. The Hall–Kier alpha value is -3.37. The Morgan fingerprint density at radius 1 is 0.793 bits per heavy atom. The number of ether oxygens (including phenoxy) is 1. The quantitative estimate of drug-likeness (QED) is 0.482. The summed E-state index contributed by atoms with van der Waals surface area (Å²) >= 11 is 0. The van der Waals surface area contributed by atoms with Crippen LogP contribution >= 0.6 is 0 Å². The van der Waals surface area contributed by atoms with Crippen LogP contribution in [0.4, 0.5) is 0 Å². The molecule has 0 saturated carbocycles. The first-order valence-corrected chi connectivity index (χ1v) is 9.86. The molecule has 0 bridgehead atoms. The Morgan fingerprint density at radius 3 is 2.10 bits per heavy atom. The molecule has 0 spiro atoms. The third-order valence-electron chi connectivity index (χ3n) is 5.71. The van der Waals surface area contributed by atoms with E-state index in [1.54, 1.807) is 0 Å². The van der Waals surface area contributed by atoms with Crippen molar-refractivity contribution >= 4 is 16.9 Å². The lowest BCUT2D eigenvalue weighted by Crippen LogP contribution is -2.43. The number of aromatic nitrogens is 1. The van der Waals surface area contributed by atoms with Gasteiger partial charge in [-0.3, -0.25) is 5.32 Å². The van der Waals surface area contributed by atoms with Crippen LogP contribution in [0.3, 0.4) is 0 Å². The topological polar surface area (TPSA) is 54.1 Å². The number of hydrogen-bond donors (Lipinski definition) is 2. The number of carbonyl (C=O) groups is 1. The summed E-state index contributed by atoms with van der Waals surface area (Å²) in [6, 6.07) is 27.5. The number of rotatable bonds is 3. The molecule has 0 amide bonds. The standard InChI is InChI=1S/C25H22N2O2/c1-16-19-14-8-9-15-20(19)26-21(16)23-25(28)29-24(18-12-6-3-7-13-18)22(27-23)17-10-4-2-5-11-17/h2-15,22-24,26-27H,1H3/t22-,23-,24+/m0/s1. The fraction of sp³-hybridized carbons (Fsp3) is 0.160. The van der Waals surface area contributed by atoms with Crippen molar-refractivity contribution in [2.75, 3.05) is 0 Å². The average molecular weight is 382 g/mol. The summed E-state index contributed by atoms with van der Waals surface area (Å²) in [5, 5.41) is 4.70. The van der Waals surface area contributed by atoms with Crippen molar-refractivity contribution in [1.29, 1.82) is 0 Å². The van der Waals surface area contributed by atoms with Crippen molar-refractivity contribution in [3.63, 3.8) is 0 Å². The zero-order chi connectivity index (χ0) is 19.8. The van der Waals surface area contributed by atoms with E-state index >= 15 is 0 Å². The lowest BCUT2D eigenvalue weighted by atomic mass is 9.92. The summed E-state index contributed by atoms with van der Waals surface area (Å²) < 4.78 is 6.04. The monoisotopic (exact) mass is 382 g/mol. The second-order valence-corrected chi connectivity index (χ2v) is 7.47. The smallest absolute Gasteiger partial charge is 0.330 e. The number of benzene rings is 3. The molecule has 3 aromatic carbocycles. The summed E-state index contributed by atoms with van der Waals surface area (Å²) in [4.78, 5) is 16.5. The first-order chi connectivity index (χ1) is 14.2. The third-order valence-corrected chi connectivity index (χ3v) is 5.71. The van der Waals surface area contributed by atoms with Crippen molar-refractivity contribution in [3.05, 3.63) is 107 Å². The Labute approximate surface area is 169 Å². The molecule has 1 saturated heterocycles. The molecule has 1 aromatic heterocycles. The van der Waals surface area contributed by atoms with Crippen molar-refractivity contribution in [3.8, 4) is 0 Å². The lowest BCUT2D eigenvalue weighted by molar-refractivity contribution is -0.161. The number of esters is 1. The van der Waals surface area contributed by atoms with E-state index < -0.39 is 6.04 Å². The zero-order valence-electron chi connectivity index (χ0n) is 16.1. The molecule has 1 aliphatic rings. The van der Waals surface area contributed by atoms with E-state index in [1.165, 1.54) is 0 Å². The fourth-order valence-corrected chi connectivity index (χ4v) is 4.22. The number of aromatic amines is 1. The number of aryl methyl sites for hydroxylation is 1. The van der Waals surface area contributed by atoms with Crippen molar-refractivity contribution < 1.29 is 9.53 Å². The Morgan fingerprint density at radius 2 is 1.41 bits per heavy atom. The minimum Gasteiger partial charge on any atom is -0.454 e. The highest BCUT2D eigenvalue weighted by Crippen LogP contribution is 2.40. The van der Waals surface area contributed by atoms with Gasteiger partial charge >= 0.3 is 5.97 Å². The van der Waals surface area contributed by atoms with E-state index in [2.05, 4.69) is 28.5 Å². The van der Waals surface area contributed by atoms with Gasteiger partial charge in [0.05, 0.1) is 6.04 Å². The Balaban J connectivity index is 1.57. The zero-order valence-corrected chi connectivity index (χ0v) is 16.1. The lowest BCUT2D eigenvalue weighted by Gasteiger charge is -2.37. The van der Waals surface area contributed by atoms with E-state index in [-0.39, 0.29) is 18.1 Å². The van der Waals surface area contributed by atoms with Crippen LogP contribution in [0.15, 0.2) is 84.9 Å². The first-order valence-electron chi connectivity index (χ1n) is 9.86. The maximum Gasteiger partial charge on any atom is 0.330 e. The number of nitrogens with one attached hydrogen (secondary N) is 2. The molecule has 2 heterocycles. The summed E-state index contributed by atoms with van der Waals surface area (Å²) in [5.74, 6) is -0.263. The molecule has 1 fully saturated rings. The van der Waals surface area contributed by atoms with Crippen LogP contribution in [-0.2, 0) is 9.53 Å². The highest BCUT2D eigenvalue weighted by Gasteiger charge is 2.40. The predicted octanol–water partition coefficient (Wildman–Crippen LogP) is 5.15. The second kappa shape index (κ2) is 7.22. The number of hydrogen-bond acceptors (Lipinski definition) is 3. The van der Waals surface area contributed by atoms with Crippen LogP contribution < -0.4 is 5.32 Å². The highest BCUT2D eigenvalue weighted by molar-refractivity contribution is 5.88. The maximum absolute atomic E-state index is 13.1. The average Bonchev–Trinajstić information content (AvgIpc) is 3.11. The molecule has 2 N–H and O–H groups in total. The van der Waals surface area contributed by atoms with Gasteiger partial charge in [-0.25, -0.2) is 4.79 Å². The van der Waals surface area contributed by atoms with E-state index in [9.17, 15) is 4.79 Å². The van der Waals surface area contributed by atoms with Gasteiger partial charge in [0.15, 0.2) is 0 Å². The molecule has 3 atom stereocenters. The molecular weight excluding hydrogens is 360 g/mol. The van der Waals surface area contributed by atoms with Gasteiger partial charge in [-0.05, 0) is 29.7 Å². The molecular formula is C25H22N2O2. The molecule has 144 valence electrons. The Kier molecular flexibility index (Phi) is 4.41. The fourth-order valence-electron chi connectivity index (χ4n) is 4.22. The van der Waals surface area contributed by atoms with Crippen LogP contribution in [0.1, 0.15) is 40.6 Å². The van der Waals surface area contributed by atoms with Crippen LogP contribution in [0.2, 0.25) is 0 Å². The number of cyclic esters (lactones) is 1. The molecule has 0 radical (unpaired) electrons. The van der Waals surface area contributed by atoms with E-state index in [0.717, 1.165) is 33.3 Å². The molecule has 4 nitrogen and oxygen atoms in total. The largest absolute Gasteiger partial charge is 0.454 e. The third kappa shape index (κ3) is 3.12. The maximum atomic E-state index is 13.1. The first kappa shape index (κ1) is 17.7. The molecule has 0 aliphatic carbocycles. The van der Waals surface area contributed by atoms with Crippen LogP contribution in [0, 0.1) is 6.92 Å². The van der Waals surface area contributed by atoms with Crippen LogP contribution in [-0.4, -0.2) is 11.0 Å². The molecule has 0 unspecified atom stereocenters. The molecule has 5 rings (SSSR count). The summed E-state index contributed by atoms with van der Waals surface area (Å²) in [7, 11) is 0. The number of carbonyl (C=O) groups excluding carboxylic acids is 1. The molecule has 29 heavy (non-hydrogen) atoms. The van der Waals surface area contributed by atoms with Gasteiger partial charge in [0.1, 0.15) is 12.1 Å². The van der Waals surface area contributed by atoms with Gasteiger partial charge in [-0.15, -0.1) is 0 Å². The summed E-state index contributed by atoms with van der Waals surface area (Å²) in [5.41, 5.74) is 5.03. The van der Waals surface area contributed by atoms with Crippen molar-refractivity contribution in [2.45, 2.75) is 25.1 Å². The highest BCUT2D eigenvalue weighted by atomic mass is 16.5. The Bertz CT molecular complexity index is 1150. The number of H-pyrrole nitrogens is 1. The van der Waals surface area contributed by atoms with E-state index in [1.807, 2.05) is 73.7 Å².